The van der Waals surface area contributed by atoms with E-state index in [-0.39, 0.29) is 17.9 Å². The molecule has 126 valence electrons. The predicted molar refractivity (Wildman–Crippen MR) is 94.6 cm³/mol. The summed E-state index contributed by atoms with van der Waals surface area (Å²) in [6, 6.07) is 13.8. The lowest BCUT2D eigenvalue weighted by Crippen LogP contribution is -2.21. The highest BCUT2D eigenvalue weighted by Crippen LogP contribution is 2.16. The third-order valence-electron chi connectivity index (χ3n) is 3.28. The zero-order valence-electron chi connectivity index (χ0n) is 14.4. The molecule has 2 rings (SSSR count). The first kappa shape index (κ1) is 17.5. The highest BCUT2D eigenvalue weighted by Gasteiger charge is 2.09. The minimum atomic E-state index is -0.210. The van der Waals surface area contributed by atoms with E-state index in [1.807, 2.05) is 13.8 Å². The summed E-state index contributed by atoms with van der Waals surface area (Å²) in [5, 5.41) is 2.81. The molecule has 0 unspecified atom stereocenters. The van der Waals surface area contributed by atoms with Gasteiger partial charge >= 0.3 is 0 Å². The number of nitrogens with one attached hydrogen (secondary N) is 1. The van der Waals surface area contributed by atoms with Gasteiger partial charge in [0.1, 0.15) is 5.75 Å². The maximum Gasteiger partial charge on any atom is 0.255 e. The van der Waals surface area contributed by atoms with Gasteiger partial charge in [-0.1, -0.05) is 0 Å². The summed E-state index contributed by atoms with van der Waals surface area (Å²) in [4.78, 5) is 25.6. The van der Waals surface area contributed by atoms with E-state index in [9.17, 15) is 9.59 Å². The van der Waals surface area contributed by atoms with Crippen molar-refractivity contribution >= 4 is 17.5 Å². The van der Waals surface area contributed by atoms with E-state index in [0.717, 1.165) is 5.75 Å². The number of ether oxygens (including phenoxy) is 1. The Labute approximate surface area is 142 Å². The van der Waals surface area contributed by atoms with Gasteiger partial charge in [-0.2, -0.15) is 0 Å². The van der Waals surface area contributed by atoms with Crippen molar-refractivity contribution in [2.75, 3.05) is 19.4 Å². The van der Waals surface area contributed by atoms with Crippen LogP contribution in [0.3, 0.4) is 0 Å². The van der Waals surface area contributed by atoms with E-state index in [1.54, 1.807) is 62.6 Å². The van der Waals surface area contributed by atoms with Gasteiger partial charge < -0.3 is 15.0 Å². The van der Waals surface area contributed by atoms with Crippen LogP contribution in [-0.2, 0) is 0 Å². The topological polar surface area (TPSA) is 58.6 Å². The Balaban J connectivity index is 2.02. The number of nitrogens with zero attached hydrogens (tertiary/aromatic N) is 1. The second-order valence-electron chi connectivity index (χ2n) is 5.92. The van der Waals surface area contributed by atoms with E-state index in [2.05, 4.69) is 5.32 Å². The predicted octanol–water partition coefficient (Wildman–Crippen LogP) is 3.43. The van der Waals surface area contributed by atoms with Gasteiger partial charge in [-0.3, -0.25) is 9.59 Å². The lowest BCUT2D eigenvalue weighted by atomic mass is 10.1. The van der Waals surface area contributed by atoms with E-state index >= 15 is 0 Å². The third kappa shape index (κ3) is 4.59. The molecule has 0 atom stereocenters. The Morgan fingerprint density at radius 1 is 0.917 bits per heavy atom. The monoisotopic (exact) mass is 326 g/mol. The molecular weight excluding hydrogens is 304 g/mol. The minimum Gasteiger partial charge on any atom is -0.491 e. The molecule has 0 saturated carbocycles. The van der Waals surface area contributed by atoms with E-state index in [0.29, 0.717) is 16.8 Å². The fraction of sp³-hybridized carbons (Fsp3) is 0.263. The highest BCUT2D eigenvalue weighted by atomic mass is 16.5. The van der Waals surface area contributed by atoms with Crippen molar-refractivity contribution in [2.45, 2.75) is 20.0 Å². The zero-order chi connectivity index (χ0) is 17.7. The minimum absolute atomic E-state index is 0.0754. The summed E-state index contributed by atoms with van der Waals surface area (Å²) in [5.74, 6) is 0.444. The number of amides is 2. The summed E-state index contributed by atoms with van der Waals surface area (Å²) >= 11 is 0. The maximum atomic E-state index is 12.2. The zero-order valence-corrected chi connectivity index (χ0v) is 14.4. The highest BCUT2D eigenvalue weighted by molar-refractivity contribution is 6.04. The molecule has 0 aliphatic heterocycles. The number of anilines is 1. The third-order valence-corrected chi connectivity index (χ3v) is 3.28. The summed E-state index contributed by atoms with van der Waals surface area (Å²) in [7, 11) is 3.40. The molecule has 2 aromatic carbocycles. The van der Waals surface area contributed by atoms with E-state index < -0.39 is 0 Å². The number of benzene rings is 2. The van der Waals surface area contributed by atoms with Crippen LogP contribution in [0.5, 0.6) is 5.75 Å². The van der Waals surface area contributed by atoms with Gasteiger partial charge in [0.05, 0.1) is 6.10 Å². The average molecular weight is 326 g/mol. The molecule has 5 nitrogen and oxygen atoms in total. The Morgan fingerprint density at radius 2 is 1.46 bits per heavy atom. The molecular formula is C19H22N2O3. The van der Waals surface area contributed by atoms with Crippen molar-refractivity contribution in [3.8, 4) is 5.75 Å². The molecule has 0 radical (unpaired) electrons. The Morgan fingerprint density at radius 3 is 1.96 bits per heavy atom. The molecule has 2 aromatic rings. The molecule has 0 fully saturated rings. The Kier molecular flexibility index (Phi) is 5.58. The lowest BCUT2D eigenvalue weighted by molar-refractivity contribution is 0.0827. The first-order chi connectivity index (χ1) is 11.4. The number of hydrogen-bond donors (Lipinski definition) is 1. The molecule has 0 aliphatic rings. The first-order valence-corrected chi connectivity index (χ1v) is 7.76. The molecule has 0 aliphatic carbocycles. The Hall–Kier alpha value is -2.82. The molecule has 1 N–H and O–H groups in total. The average Bonchev–Trinajstić information content (AvgIpc) is 2.55. The van der Waals surface area contributed by atoms with Crippen molar-refractivity contribution in [3.63, 3.8) is 0 Å². The van der Waals surface area contributed by atoms with Crippen LogP contribution in [0.2, 0.25) is 0 Å². The number of carbonyl (C=O) groups excluding carboxylic acids is 2. The fourth-order valence-electron chi connectivity index (χ4n) is 2.11. The van der Waals surface area contributed by atoms with Crippen molar-refractivity contribution in [1.29, 1.82) is 0 Å². The van der Waals surface area contributed by atoms with Crippen LogP contribution in [0.15, 0.2) is 48.5 Å². The van der Waals surface area contributed by atoms with Crippen LogP contribution in [0.1, 0.15) is 34.6 Å². The molecule has 0 spiro atoms. The van der Waals surface area contributed by atoms with Gasteiger partial charge in [-0.15, -0.1) is 0 Å². The van der Waals surface area contributed by atoms with E-state index in [4.69, 9.17) is 4.74 Å². The fourth-order valence-corrected chi connectivity index (χ4v) is 2.11. The van der Waals surface area contributed by atoms with Gasteiger partial charge in [-0.05, 0) is 62.4 Å². The van der Waals surface area contributed by atoms with Crippen LogP contribution in [-0.4, -0.2) is 36.9 Å². The van der Waals surface area contributed by atoms with Crippen molar-refractivity contribution in [1.82, 2.24) is 4.90 Å². The molecule has 0 bridgehead atoms. The van der Waals surface area contributed by atoms with Crippen molar-refractivity contribution < 1.29 is 14.3 Å². The molecule has 0 saturated heterocycles. The molecule has 0 heterocycles. The maximum absolute atomic E-state index is 12.2. The van der Waals surface area contributed by atoms with Crippen LogP contribution in [0.25, 0.3) is 0 Å². The number of rotatable bonds is 5. The van der Waals surface area contributed by atoms with Crippen LogP contribution >= 0.6 is 0 Å². The van der Waals surface area contributed by atoms with Crippen LogP contribution in [0.4, 0.5) is 5.69 Å². The first-order valence-electron chi connectivity index (χ1n) is 7.76. The standard InChI is InChI=1S/C19H22N2O3/c1-13(2)24-17-11-7-14(8-12-17)18(22)20-16-9-5-15(6-10-16)19(23)21(3)4/h5-13H,1-4H3,(H,20,22). The molecule has 2 amide bonds. The summed E-state index contributed by atoms with van der Waals surface area (Å²) in [6.45, 7) is 3.90. The lowest BCUT2D eigenvalue weighted by Gasteiger charge is -2.11. The number of carbonyl (C=O) groups is 2. The molecule has 0 aromatic heterocycles. The second-order valence-corrected chi connectivity index (χ2v) is 5.92. The van der Waals surface area contributed by atoms with Crippen molar-refractivity contribution in [3.05, 3.63) is 59.7 Å². The quantitative estimate of drug-likeness (QED) is 0.916. The Bertz CT molecular complexity index is 704. The number of hydrogen-bond acceptors (Lipinski definition) is 3. The van der Waals surface area contributed by atoms with Gasteiger partial charge in [0.2, 0.25) is 0 Å². The van der Waals surface area contributed by atoms with Crippen molar-refractivity contribution in [2.24, 2.45) is 0 Å². The molecule has 5 heteroatoms. The summed E-state index contributed by atoms with van der Waals surface area (Å²) in [5.41, 5.74) is 1.76. The van der Waals surface area contributed by atoms with Gasteiger partial charge in [0.25, 0.3) is 11.8 Å². The van der Waals surface area contributed by atoms with Crippen LogP contribution < -0.4 is 10.1 Å². The smallest absolute Gasteiger partial charge is 0.255 e. The van der Waals surface area contributed by atoms with Gasteiger partial charge in [0.15, 0.2) is 0 Å². The normalized spacial score (nSPS) is 10.4. The summed E-state index contributed by atoms with van der Waals surface area (Å²) < 4.78 is 5.55. The van der Waals surface area contributed by atoms with Gasteiger partial charge in [-0.25, -0.2) is 0 Å². The van der Waals surface area contributed by atoms with E-state index in [1.165, 1.54) is 4.90 Å². The summed E-state index contributed by atoms with van der Waals surface area (Å²) in [6.07, 6.45) is 0.0908. The second kappa shape index (κ2) is 7.64. The van der Waals surface area contributed by atoms with Gasteiger partial charge in [0, 0.05) is 30.9 Å². The van der Waals surface area contributed by atoms with Crippen LogP contribution in [0, 0.1) is 0 Å². The molecule has 24 heavy (non-hydrogen) atoms. The SMILES string of the molecule is CC(C)Oc1ccc(C(=O)Nc2ccc(C(=O)N(C)C)cc2)cc1. The largest absolute Gasteiger partial charge is 0.491 e.